The molecular weight excluding hydrogens is 765 g/mol. The Hall–Kier alpha value is -0.112. The maximum absolute atomic E-state index is 5.09. The molecular formula is C14H12I2N6PtS2. The van der Waals surface area contributed by atoms with Crippen LogP contribution in [0.3, 0.4) is 0 Å². The topological polar surface area (TPSA) is 106 Å². The van der Waals surface area contributed by atoms with Gasteiger partial charge in [0.05, 0.1) is 0 Å². The zero-order valence-corrected chi connectivity index (χ0v) is 20.7. The molecule has 0 saturated carbocycles. The minimum atomic E-state index is 0.523. The van der Waals surface area contributed by atoms with Crippen LogP contribution in [0.5, 0.6) is 0 Å². The number of thiazole rings is 2. The fraction of sp³-hybridized carbons (Fsp3) is 0. The van der Waals surface area contributed by atoms with Crippen molar-refractivity contribution in [2.75, 3.05) is 0 Å². The van der Waals surface area contributed by atoms with Gasteiger partial charge in [-0.05, 0) is 23.2 Å². The van der Waals surface area contributed by atoms with Crippen LogP contribution >= 0.6 is 61.4 Å². The van der Waals surface area contributed by atoms with Gasteiger partial charge in [-0.1, -0.05) is 36.4 Å². The Morgan fingerprint density at radius 2 is 1.12 bits per heavy atom. The predicted octanol–water partition coefficient (Wildman–Crippen LogP) is 6.12. The Morgan fingerprint density at radius 3 is 1.44 bits per heavy atom. The van der Waals surface area contributed by atoms with Crippen LogP contribution < -0.4 is 11.7 Å². The summed E-state index contributed by atoms with van der Waals surface area (Å²) in [5.41, 5.74) is 8.95. The first-order valence-corrected chi connectivity index (χ1v) is 21.1. The fourth-order valence-electron chi connectivity index (χ4n) is 1.83. The van der Waals surface area contributed by atoms with Crippen LogP contribution in [0.25, 0.3) is 31.3 Å². The van der Waals surface area contributed by atoms with Crippen molar-refractivity contribution in [1.82, 2.24) is 9.97 Å². The molecule has 4 rings (SSSR count). The van der Waals surface area contributed by atoms with E-state index in [2.05, 4.69) is 59.5 Å². The summed E-state index contributed by atoms with van der Waals surface area (Å²) in [7, 11) is 0. The quantitative estimate of drug-likeness (QED) is 0.146. The molecule has 0 spiro atoms. The molecule has 2 aromatic carbocycles. The van der Waals surface area contributed by atoms with Gasteiger partial charge in [0.2, 0.25) is 0 Å². The number of nitrogens with zero attached hydrogens (tertiary/aromatic N) is 4. The van der Waals surface area contributed by atoms with Gasteiger partial charge in [-0.2, -0.15) is 0 Å². The molecule has 0 unspecified atom stereocenters. The van der Waals surface area contributed by atoms with Gasteiger partial charge in [0.25, 0.3) is 0 Å². The van der Waals surface area contributed by atoms with Crippen molar-refractivity contribution in [3.8, 4) is 0 Å². The van der Waals surface area contributed by atoms with Gasteiger partial charge in [0.15, 0.2) is 0 Å². The summed E-state index contributed by atoms with van der Waals surface area (Å²) in [6.45, 7) is 0. The fourth-order valence-corrected chi connectivity index (χ4v) is 3.35. The molecule has 0 saturated heterocycles. The van der Waals surface area contributed by atoms with Crippen LogP contribution in [0.2, 0.25) is 0 Å². The third-order valence-electron chi connectivity index (χ3n) is 2.79. The molecule has 6 nitrogen and oxygen atoms in total. The molecule has 11 heteroatoms. The summed E-state index contributed by atoms with van der Waals surface area (Å²) >= 11 is 8.28. The van der Waals surface area contributed by atoms with E-state index in [4.69, 9.17) is 11.7 Å². The van der Waals surface area contributed by atoms with Gasteiger partial charge in [-0.3, -0.25) is 0 Å². The predicted molar refractivity (Wildman–Crippen MR) is 122 cm³/mol. The van der Waals surface area contributed by atoms with E-state index in [1.165, 1.54) is 22.7 Å². The molecule has 2 heterocycles. The van der Waals surface area contributed by atoms with Crippen molar-refractivity contribution in [2.24, 2.45) is 11.7 Å². The zero-order chi connectivity index (χ0) is 18.1. The summed E-state index contributed by atoms with van der Waals surface area (Å²) < 4.78 is 2.24. The number of para-hydroxylation sites is 2. The van der Waals surface area contributed by atoms with Crippen molar-refractivity contribution < 1.29 is 11.2 Å². The summed E-state index contributed by atoms with van der Waals surface area (Å²) in [6.07, 6.45) is 0. The van der Waals surface area contributed by atoms with Crippen molar-refractivity contribution in [1.29, 1.82) is 0 Å². The third-order valence-corrected chi connectivity index (χ3v) is 4.67. The number of hydrogen-bond acceptors (Lipinski definition) is 6. The second-order valence-corrected chi connectivity index (χ2v) is 22.8. The van der Waals surface area contributed by atoms with Crippen molar-refractivity contribution >= 4 is 92.1 Å². The number of benzene rings is 2. The molecule has 0 fully saturated rings. The summed E-state index contributed by atoms with van der Waals surface area (Å²) in [4.78, 5) is 8.32. The molecule has 0 aliphatic heterocycles. The molecule has 0 bridgehead atoms. The van der Waals surface area contributed by atoms with Crippen LogP contribution in [0.4, 0.5) is 10.3 Å². The van der Waals surface area contributed by atoms with E-state index in [0.29, 0.717) is 21.5 Å². The minimum absolute atomic E-state index is 0.523. The Morgan fingerprint density at radius 1 is 0.760 bits per heavy atom. The molecule has 0 aliphatic carbocycles. The van der Waals surface area contributed by atoms with E-state index in [0.717, 1.165) is 20.4 Å². The van der Waals surface area contributed by atoms with E-state index >= 15 is 0 Å². The summed E-state index contributed by atoms with van der Waals surface area (Å²) in [5, 5.41) is 1.26. The van der Waals surface area contributed by atoms with E-state index in [1.54, 1.807) is 0 Å². The van der Waals surface area contributed by atoms with Gasteiger partial charge >= 0.3 is 49.9 Å². The standard InChI is InChI=1S/2C7H6N3S.2HI.Pt/c2*8-10-7-9-5-3-1-2-4-6(5)11-7;;;/h2*1-4H,8H2;2*1H;/q2*-1;;;+4/p-2. The normalized spacial score (nSPS) is 9.92. The molecule has 0 atom stereocenters. The van der Waals surface area contributed by atoms with Crippen LogP contribution in [-0.2, 0) is 11.2 Å². The first kappa shape index (κ1) is 21.2. The number of aromatic nitrogens is 2. The first-order valence-electron chi connectivity index (χ1n) is 6.57. The van der Waals surface area contributed by atoms with Gasteiger partial charge in [0, 0.05) is 19.7 Å². The first-order chi connectivity index (χ1) is 12.2. The maximum atomic E-state index is 5.09. The Labute approximate surface area is 182 Å². The van der Waals surface area contributed by atoms with Crippen molar-refractivity contribution in [3.05, 3.63) is 59.4 Å². The van der Waals surface area contributed by atoms with E-state index < -0.39 is 0 Å². The van der Waals surface area contributed by atoms with Crippen LogP contribution in [-0.4, -0.2) is 9.97 Å². The van der Waals surface area contributed by atoms with Gasteiger partial charge in [-0.15, -0.1) is 22.7 Å². The van der Waals surface area contributed by atoms with Crippen LogP contribution in [0.1, 0.15) is 0 Å². The van der Waals surface area contributed by atoms with Gasteiger partial charge in [0.1, 0.15) is 0 Å². The average molecular weight is 777 g/mol. The van der Waals surface area contributed by atoms with Gasteiger partial charge in [-0.25, -0.2) is 0 Å². The average Bonchev–Trinajstić information content (AvgIpc) is 3.26. The molecule has 0 aliphatic rings. The molecule has 134 valence electrons. The van der Waals surface area contributed by atoms with E-state index in [1.807, 2.05) is 48.5 Å². The summed E-state index contributed by atoms with van der Waals surface area (Å²) in [6, 6.07) is 15.7. The van der Waals surface area contributed by atoms with Crippen LogP contribution in [0, 0.1) is 0 Å². The Bertz CT molecular complexity index is 776. The van der Waals surface area contributed by atoms with Gasteiger partial charge < -0.3 is 32.5 Å². The monoisotopic (exact) mass is 777 g/mol. The molecule has 0 radical (unpaired) electrons. The SMILES string of the molecule is N[N-]c1nc2ccccc2s1.N[N-]c1nc2ccccc2s1.[I][Pt+2][I]. The summed E-state index contributed by atoms with van der Waals surface area (Å²) in [5.74, 6) is 10.2. The van der Waals surface area contributed by atoms with Crippen LogP contribution in [0.15, 0.2) is 48.5 Å². The van der Waals surface area contributed by atoms with E-state index in [-0.39, 0.29) is 0 Å². The number of fused-ring (bicyclic) bond motifs is 2. The van der Waals surface area contributed by atoms with E-state index in [9.17, 15) is 0 Å². The number of rotatable bonds is 2. The number of nitrogens with two attached hydrogens (primary N) is 2. The molecule has 4 aromatic rings. The Balaban J connectivity index is 0.000000156. The Kier molecular flexibility index (Phi) is 9.81. The molecule has 0 amide bonds. The number of hydrogen-bond donors (Lipinski definition) is 2. The zero-order valence-electron chi connectivity index (χ0n) is 12.5. The van der Waals surface area contributed by atoms with Crippen molar-refractivity contribution in [2.45, 2.75) is 0 Å². The second-order valence-electron chi connectivity index (χ2n) is 4.23. The number of halogens is 2. The third kappa shape index (κ3) is 6.52. The molecule has 2 aromatic heterocycles. The molecule has 4 N–H and O–H groups in total. The second kappa shape index (κ2) is 11.6. The molecule has 25 heavy (non-hydrogen) atoms. The van der Waals surface area contributed by atoms with Crippen molar-refractivity contribution in [3.63, 3.8) is 0 Å².